The van der Waals surface area contributed by atoms with Crippen LogP contribution in [0.3, 0.4) is 0 Å². The van der Waals surface area contributed by atoms with Gasteiger partial charge < -0.3 is 24.8 Å². The first-order valence-electron chi connectivity index (χ1n) is 14.5. The van der Waals surface area contributed by atoms with Crippen molar-refractivity contribution < 1.29 is 34.4 Å². The lowest BCUT2D eigenvalue weighted by molar-refractivity contribution is -0.237. The minimum Gasteiger partial charge on any atom is -0.497 e. The SMILES string of the molecule is COc1ccc(C(=O)N/N=C\[C@]23CC[C@@H](O)C[C@]2(O)CC[C@@H]2[C@@H]3CC[C@]3(C)[C@H](C4=CC(=O)OC4)CC[C@@]23O)cc1. The Morgan fingerprint density at radius 3 is 2.52 bits per heavy atom. The Balaban J connectivity index is 1.30. The Morgan fingerprint density at radius 1 is 1.07 bits per heavy atom. The van der Waals surface area contributed by atoms with E-state index >= 15 is 0 Å². The molecular weight excluding hydrogens is 512 g/mol. The van der Waals surface area contributed by atoms with E-state index < -0.39 is 28.1 Å². The minimum absolute atomic E-state index is 0.0624. The van der Waals surface area contributed by atoms with Crippen molar-refractivity contribution >= 4 is 18.1 Å². The molecule has 1 aromatic carbocycles. The highest BCUT2D eigenvalue weighted by atomic mass is 16.5. The Bertz CT molecular complexity index is 1250. The van der Waals surface area contributed by atoms with E-state index in [0.717, 1.165) is 24.8 Å². The maximum Gasteiger partial charge on any atom is 0.331 e. The number of ether oxygens (including phenoxy) is 2. The van der Waals surface area contributed by atoms with Crippen LogP contribution in [0, 0.1) is 28.6 Å². The van der Waals surface area contributed by atoms with Gasteiger partial charge in [0.25, 0.3) is 5.91 Å². The molecule has 5 aliphatic rings. The summed E-state index contributed by atoms with van der Waals surface area (Å²) in [5.41, 5.74) is 0.729. The molecule has 4 fully saturated rings. The summed E-state index contributed by atoms with van der Waals surface area (Å²) in [6.07, 6.45) is 8.06. The van der Waals surface area contributed by atoms with Gasteiger partial charge in [0, 0.05) is 35.1 Å². The molecule has 8 atom stereocenters. The van der Waals surface area contributed by atoms with Crippen LogP contribution in [0.15, 0.2) is 41.0 Å². The van der Waals surface area contributed by atoms with Gasteiger partial charge in [-0.1, -0.05) is 6.92 Å². The topological polar surface area (TPSA) is 138 Å². The van der Waals surface area contributed by atoms with E-state index in [9.17, 15) is 24.9 Å². The van der Waals surface area contributed by atoms with Gasteiger partial charge in [-0.2, -0.15) is 5.10 Å². The van der Waals surface area contributed by atoms with Gasteiger partial charge in [0.05, 0.1) is 24.4 Å². The predicted molar refractivity (Wildman–Crippen MR) is 146 cm³/mol. The molecule has 40 heavy (non-hydrogen) atoms. The minimum atomic E-state index is -1.18. The molecule has 0 aromatic heterocycles. The first-order valence-corrected chi connectivity index (χ1v) is 14.5. The number of amides is 1. The summed E-state index contributed by atoms with van der Waals surface area (Å²) in [6.45, 7) is 2.46. The van der Waals surface area contributed by atoms with E-state index in [1.807, 2.05) is 0 Å². The summed E-state index contributed by atoms with van der Waals surface area (Å²) < 4.78 is 10.4. The van der Waals surface area contributed by atoms with Crippen molar-refractivity contribution in [3.8, 4) is 5.75 Å². The third-order valence-electron chi connectivity index (χ3n) is 11.5. The van der Waals surface area contributed by atoms with Gasteiger partial charge in [-0.05, 0) is 99.0 Å². The third-order valence-corrected chi connectivity index (χ3v) is 11.5. The van der Waals surface area contributed by atoms with Gasteiger partial charge in [0.1, 0.15) is 12.4 Å². The van der Waals surface area contributed by atoms with Gasteiger partial charge in [0.15, 0.2) is 0 Å². The second-order valence-corrected chi connectivity index (χ2v) is 12.9. The highest BCUT2D eigenvalue weighted by molar-refractivity contribution is 5.94. The summed E-state index contributed by atoms with van der Waals surface area (Å²) >= 11 is 0. The number of carbonyl (C=O) groups excluding carboxylic acids is 2. The zero-order chi connectivity index (χ0) is 28.3. The number of esters is 1. The molecule has 9 nitrogen and oxygen atoms in total. The largest absolute Gasteiger partial charge is 0.497 e. The highest BCUT2D eigenvalue weighted by Gasteiger charge is 2.71. The van der Waals surface area contributed by atoms with Crippen molar-refractivity contribution in [2.75, 3.05) is 13.7 Å². The third kappa shape index (κ3) is 3.96. The Hall–Kier alpha value is -2.75. The van der Waals surface area contributed by atoms with E-state index in [1.54, 1.807) is 43.7 Å². The molecule has 0 saturated heterocycles. The molecule has 0 radical (unpaired) electrons. The molecule has 0 unspecified atom stereocenters. The van der Waals surface area contributed by atoms with E-state index in [-0.39, 0.29) is 36.1 Å². The lowest BCUT2D eigenvalue weighted by atomic mass is 9.41. The van der Waals surface area contributed by atoms with E-state index in [0.29, 0.717) is 50.0 Å². The van der Waals surface area contributed by atoms with Crippen LogP contribution in [0.4, 0.5) is 0 Å². The number of nitrogens with one attached hydrogen (secondary N) is 1. The molecule has 1 aliphatic heterocycles. The molecule has 1 aromatic rings. The number of rotatable bonds is 5. The molecule has 4 N–H and O–H groups in total. The van der Waals surface area contributed by atoms with Crippen LogP contribution in [0.25, 0.3) is 0 Å². The summed E-state index contributed by atoms with van der Waals surface area (Å²) in [7, 11) is 1.57. The molecule has 1 heterocycles. The normalized spacial score (nSPS) is 42.4. The number of hydrogen-bond donors (Lipinski definition) is 4. The van der Waals surface area contributed by atoms with Crippen molar-refractivity contribution in [1.29, 1.82) is 0 Å². The van der Waals surface area contributed by atoms with Crippen LogP contribution in [0.5, 0.6) is 5.75 Å². The molecule has 216 valence electrons. The van der Waals surface area contributed by atoms with Gasteiger partial charge in [-0.3, -0.25) is 4.79 Å². The average Bonchev–Trinajstić information content (AvgIpc) is 3.48. The Morgan fingerprint density at radius 2 is 1.82 bits per heavy atom. The maximum absolute atomic E-state index is 12.8. The second-order valence-electron chi connectivity index (χ2n) is 12.9. The van der Waals surface area contributed by atoms with Crippen molar-refractivity contribution in [1.82, 2.24) is 5.43 Å². The summed E-state index contributed by atoms with van der Waals surface area (Å²) in [4.78, 5) is 24.7. The van der Waals surface area contributed by atoms with Crippen LogP contribution < -0.4 is 10.2 Å². The number of aliphatic hydroxyl groups is 3. The Labute approximate surface area is 234 Å². The average molecular weight is 553 g/mol. The van der Waals surface area contributed by atoms with Crippen molar-refractivity contribution in [2.45, 2.75) is 82.0 Å². The van der Waals surface area contributed by atoms with Crippen LogP contribution in [0.2, 0.25) is 0 Å². The van der Waals surface area contributed by atoms with Gasteiger partial charge in [0.2, 0.25) is 0 Å². The summed E-state index contributed by atoms with van der Waals surface area (Å²) in [5.74, 6) is -0.0815. The number of nitrogens with zero attached hydrogens (tertiary/aromatic N) is 1. The quantitative estimate of drug-likeness (QED) is 0.250. The maximum atomic E-state index is 12.8. The molecule has 1 amide bonds. The number of hydrogen-bond acceptors (Lipinski definition) is 8. The zero-order valence-electron chi connectivity index (χ0n) is 23.3. The Kier molecular flexibility index (Phi) is 6.63. The lowest BCUT2D eigenvalue weighted by Gasteiger charge is -2.65. The lowest BCUT2D eigenvalue weighted by Crippen LogP contribution is -2.68. The highest BCUT2D eigenvalue weighted by Crippen LogP contribution is 2.70. The van der Waals surface area contributed by atoms with E-state index in [1.165, 1.54) is 0 Å². The van der Waals surface area contributed by atoms with Crippen molar-refractivity contribution in [2.24, 2.45) is 33.7 Å². The van der Waals surface area contributed by atoms with E-state index in [4.69, 9.17) is 9.47 Å². The number of methoxy groups -OCH3 is 1. The number of carbonyl (C=O) groups is 2. The van der Waals surface area contributed by atoms with Crippen LogP contribution in [-0.2, 0) is 9.53 Å². The fraction of sp³-hybridized carbons (Fsp3) is 0.645. The number of fused-ring (bicyclic) bond motifs is 5. The number of benzene rings is 1. The number of cyclic esters (lactones) is 1. The molecule has 9 heteroatoms. The summed E-state index contributed by atoms with van der Waals surface area (Å²) in [5, 5.41) is 39.6. The fourth-order valence-electron chi connectivity index (χ4n) is 9.37. The zero-order valence-corrected chi connectivity index (χ0v) is 23.3. The van der Waals surface area contributed by atoms with Gasteiger partial charge >= 0.3 is 5.97 Å². The van der Waals surface area contributed by atoms with Gasteiger partial charge in [-0.15, -0.1) is 0 Å². The predicted octanol–water partition coefficient (Wildman–Crippen LogP) is 3.12. The summed E-state index contributed by atoms with van der Waals surface area (Å²) in [6, 6.07) is 6.75. The molecule has 0 spiro atoms. The smallest absolute Gasteiger partial charge is 0.331 e. The van der Waals surface area contributed by atoms with E-state index in [2.05, 4.69) is 17.5 Å². The molecule has 0 bridgehead atoms. The first-order chi connectivity index (χ1) is 19.1. The van der Waals surface area contributed by atoms with Crippen molar-refractivity contribution in [3.63, 3.8) is 0 Å². The number of aliphatic hydroxyl groups excluding tert-OH is 1. The van der Waals surface area contributed by atoms with Crippen LogP contribution >= 0.6 is 0 Å². The van der Waals surface area contributed by atoms with Gasteiger partial charge in [-0.25, -0.2) is 10.2 Å². The second kappa shape index (κ2) is 9.67. The molecule has 6 rings (SSSR count). The monoisotopic (exact) mass is 552 g/mol. The van der Waals surface area contributed by atoms with Crippen molar-refractivity contribution in [3.05, 3.63) is 41.5 Å². The van der Waals surface area contributed by atoms with Crippen LogP contribution in [-0.4, -0.2) is 64.4 Å². The number of hydrazone groups is 1. The molecular formula is C31H40N2O7. The standard InChI is InChI=1S/C31H40N2O7/c1-28-11-8-24-25(31(28,38)14-10-23(28)20-15-26(35)40-17-20)9-13-30(37)16-21(34)7-12-29(24,30)18-32-33-27(36)19-3-5-22(39-2)6-4-19/h3-6,15,18,21,23-25,34,37-38H,7-14,16-17H2,1-2H3,(H,33,36)/b32-18-/t21-,23+,24+,25-,28-,29+,30-,31-/m1/s1. The van der Waals surface area contributed by atoms with Crippen LogP contribution in [0.1, 0.15) is 75.1 Å². The first kappa shape index (κ1) is 27.4. The fourth-order valence-corrected chi connectivity index (χ4v) is 9.37. The molecule has 4 aliphatic carbocycles. The molecule has 4 saturated carbocycles.